The van der Waals surface area contributed by atoms with E-state index in [1.807, 2.05) is 0 Å². The lowest BCUT2D eigenvalue weighted by molar-refractivity contribution is -0.137. The molecular formula is C9H10N2O4. The Morgan fingerprint density at radius 2 is 2.20 bits per heavy atom. The van der Waals surface area contributed by atoms with Crippen LogP contribution in [0.5, 0.6) is 0 Å². The van der Waals surface area contributed by atoms with Gasteiger partial charge in [0.2, 0.25) is 5.91 Å². The Labute approximate surface area is 85.1 Å². The molecule has 0 radical (unpaired) electrons. The van der Waals surface area contributed by atoms with Crippen LogP contribution in [0.15, 0.2) is 23.1 Å². The molecule has 1 rings (SSSR count). The third kappa shape index (κ3) is 2.94. The minimum Gasteiger partial charge on any atom is -0.480 e. The van der Waals surface area contributed by atoms with Crippen LogP contribution in [-0.2, 0) is 16.1 Å². The van der Waals surface area contributed by atoms with E-state index in [0.717, 1.165) is 4.57 Å². The molecule has 0 aliphatic rings. The summed E-state index contributed by atoms with van der Waals surface area (Å²) >= 11 is 0. The predicted molar refractivity (Wildman–Crippen MR) is 52.6 cm³/mol. The first kappa shape index (κ1) is 11.0. The highest BCUT2D eigenvalue weighted by Crippen LogP contribution is 1.98. The van der Waals surface area contributed by atoms with Crippen LogP contribution in [-0.4, -0.2) is 21.6 Å². The third-order valence-electron chi connectivity index (χ3n) is 1.64. The standard InChI is InChI=1S/C9H10N2O4/c1-6(12)10-7-3-2-4-11(9(7)15)5-8(13)14/h2-4H,5H2,1H3,(H,10,12)(H,13,14). The van der Waals surface area contributed by atoms with Gasteiger partial charge in [0, 0.05) is 13.1 Å². The largest absolute Gasteiger partial charge is 0.480 e. The van der Waals surface area contributed by atoms with Gasteiger partial charge in [-0.1, -0.05) is 0 Å². The number of pyridine rings is 1. The monoisotopic (exact) mass is 210 g/mol. The van der Waals surface area contributed by atoms with Crippen molar-refractivity contribution in [1.82, 2.24) is 4.57 Å². The van der Waals surface area contributed by atoms with Gasteiger partial charge in [-0.25, -0.2) is 0 Å². The van der Waals surface area contributed by atoms with E-state index in [2.05, 4.69) is 5.32 Å². The van der Waals surface area contributed by atoms with Crippen molar-refractivity contribution in [2.24, 2.45) is 0 Å². The lowest BCUT2D eigenvalue weighted by atomic mass is 10.4. The molecular weight excluding hydrogens is 200 g/mol. The zero-order chi connectivity index (χ0) is 11.4. The average molecular weight is 210 g/mol. The lowest BCUT2D eigenvalue weighted by Crippen LogP contribution is -2.26. The highest BCUT2D eigenvalue weighted by atomic mass is 16.4. The van der Waals surface area contributed by atoms with Crippen LogP contribution in [0.3, 0.4) is 0 Å². The molecule has 1 aromatic rings. The number of amides is 1. The summed E-state index contributed by atoms with van der Waals surface area (Å²) in [6.07, 6.45) is 1.35. The summed E-state index contributed by atoms with van der Waals surface area (Å²) < 4.78 is 1.01. The predicted octanol–water partition coefficient (Wildman–Crippen LogP) is -0.109. The molecule has 0 atom stereocenters. The molecule has 6 nitrogen and oxygen atoms in total. The number of aromatic nitrogens is 1. The number of nitrogens with one attached hydrogen (secondary N) is 1. The molecule has 0 spiro atoms. The van der Waals surface area contributed by atoms with Gasteiger partial charge in [0.05, 0.1) is 0 Å². The van der Waals surface area contributed by atoms with E-state index in [-0.39, 0.29) is 11.6 Å². The van der Waals surface area contributed by atoms with Crippen molar-refractivity contribution in [2.75, 3.05) is 5.32 Å². The Morgan fingerprint density at radius 1 is 1.53 bits per heavy atom. The maximum Gasteiger partial charge on any atom is 0.323 e. The average Bonchev–Trinajstić information content (AvgIpc) is 2.10. The maximum atomic E-state index is 11.5. The van der Waals surface area contributed by atoms with Gasteiger partial charge in [-0.2, -0.15) is 0 Å². The van der Waals surface area contributed by atoms with Crippen molar-refractivity contribution in [3.05, 3.63) is 28.7 Å². The Bertz CT molecular complexity index is 412. The second kappa shape index (κ2) is 4.41. The molecule has 0 bridgehead atoms. The zero-order valence-corrected chi connectivity index (χ0v) is 8.06. The van der Waals surface area contributed by atoms with Gasteiger partial charge >= 0.3 is 5.97 Å². The van der Waals surface area contributed by atoms with Crippen LogP contribution in [0, 0.1) is 0 Å². The van der Waals surface area contributed by atoms with Gasteiger partial charge < -0.3 is 15.0 Å². The van der Waals surface area contributed by atoms with Gasteiger partial charge in [-0.3, -0.25) is 14.4 Å². The summed E-state index contributed by atoms with van der Waals surface area (Å²) in [7, 11) is 0. The summed E-state index contributed by atoms with van der Waals surface area (Å²) in [6.45, 7) is 0.847. The first-order valence-corrected chi connectivity index (χ1v) is 4.19. The number of nitrogens with zero attached hydrogens (tertiary/aromatic N) is 1. The van der Waals surface area contributed by atoms with Gasteiger partial charge in [-0.15, -0.1) is 0 Å². The van der Waals surface area contributed by atoms with Crippen LogP contribution in [0.1, 0.15) is 6.92 Å². The minimum absolute atomic E-state index is 0.0752. The summed E-state index contributed by atoms with van der Waals surface area (Å²) in [5.41, 5.74) is -0.457. The number of carbonyl (C=O) groups excluding carboxylic acids is 1. The number of hydrogen-bond acceptors (Lipinski definition) is 3. The van der Waals surface area contributed by atoms with Gasteiger partial charge in [-0.05, 0) is 12.1 Å². The molecule has 0 fully saturated rings. The topological polar surface area (TPSA) is 88.4 Å². The van der Waals surface area contributed by atoms with Crippen molar-refractivity contribution >= 4 is 17.6 Å². The maximum absolute atomic E-state index is 11.5. The second-order valence-corrected chi connectivity index (χ2v) is 2.93. The number of rotatable bonds is 3. The molecule has 2 N–H and O–H groups in total. The van der Waals surface area contributed by atoms with Crippen molar-refractivity contribution in [2.45, 2.75) is 13.5 Å². The third-order valence-corrected chi connectivity index (χ3v) is 1.64. The van der Waals surface area contributed by atoms with E-state index in [4.69, 9.17) is 5.11 Å². The van der Waals surface area contributed by atoms with Gasteiger partial charge in [0.15, 0.2) is 0 Å². The van der Waals surface area contributed by atoms with Gasteiger partial charge in [0.1, 0.15) is 12.2 Å². The molecule has 15 heavy (non-hydrogen) atoms. The summed E-state index contributed by atoms with van der Waals surface area (Å²) in [5.74, 6) is -1.49. The van der Waals surface area contributed by atoms with Gasteiger partial charge in [0.25, 0.3) is 5.56 Å². The fourth-order valence-electron chi connectivity index (χ4n) is 1.09. The molecule has 0 saturated heterocycles. The fraction of sp³-hybridized carbons (Fsp3) is 0.222. The van der Waals surface area contributed by atoms with E-state index in [9.17, 15) is 14.4 Å². The van der Waals surface area contributed by atoms with Crippen LogP contribution in [0.4, 0.5) is 5.69 Å². The zero-order valence-electron chi connectivity index (χ0n) is 8.06. The van der Waals surface area contributed by atoms with Crippen molar-refractivity contribution in [3.8, 4) is 0 Å². The minimum atomic E-state index is -1.11. The van der Waals surface area contributed by atoms with Crippen molar-refractivity contribution in [3.63, 3.8) is 0 Å². The normalized spacial score (nSPS) is 9.67. The molecule has 1 heterocycles. The number of carboxylic acid groups (broad SMARTS) is 1. The quantitative estimate of drug-likeness (QED) is 0.728. The van der Waals surface area contributed by atoms with E-state index >= 15 is 0 Å². The lowest BCUT2D eigenvalue weighted by Gasteiger charge is -2.05. The molecule has 0 aliphatic heterocycles. The van der Waals surface area contributed by atoms with Crippen LogP contribution < -0.4 is 10.9 Å². The van der Waals surface area contributed by atoms with E-state index in [1.54, 1.807) is 0 Å². The number of hydrogen-bond donors (Lipinski definition) is 2. The molecule has 6 heteroatoms. The SMILES string of the molecule is CC(=O)Nc1cccn(CC(=O)O)c1=O. The molecule has 80 valence electrons. The van der Waals surface area contributed by atoms with Crippen LogP contribution >= 0.6 is 0 Å². The molecule has 1 amide bonds. The Kier molecular flexibility index (Phi) is 3.22. The summed E-state index contributed by atoms with van der Waals surface area (Å²) in [4.78, 5) is 32.7. The van der Waals surface area contributed by atoms with E-state index in [0.29, 0.717) is 0 Å². The second-order valence-electron chi connectivity index (χ2n) is 2.93. The Morgan fingerprint density at radius 3 is 2.73 bits per heavy atom. The summed E-state index contributed by atoms with van der Waals surface area (Å²) in [5, 5.41) is 10.8. The smallest absolute Gasteiger partial charge is 0.323 e. The molecule has 1 aromatic heterocycles. The first-order valence-electron chi connectivity index (χ1n) is 4.19. The van der Waals surface area contributed by atoms with Crippen LogP contribution in [0.25, 0.3) is 0 Å². The summed E-state index contributed by atoms with van der Waals surface area (Å²) in [6, 6.07) is 2.91. The number of aliphatic carboxylic acids is 1. The number of anilines is 1. The van der Waals surface area contributed by atoms with Crippen LogP contribution in [0.2, 0.25) is 0 Å². The highest BCUT2D eigenvalue weighted by molar-refractivity contribution is 5.88. The van der Waals surface area contributed by atoms with E-state index < -0.39 is 18.1 Å². The Balaban J connectivity index is 3.06. The number of carboxylic acids is 1. The fourth-order valence-corrected chi connectivity index (χ4v) is 1.09. The number of carbonyl (C=O) groups is 2. The molecule has 0 aromatic carbocycles. The van der Waals surface area contributed by atoms with Crippen molar-refractivity contribution < 1.29 is 14.7 Å². The Hall–Kier alpha value is -2.11. The first-order chi connectivity index (χ1) is 7.00. The van der Waals surface area contributed by atoms with E-state index in [1.165, 1.54) is 25.3 Å². The highest BCUT2D eigenvalue weighted by Gasteiger charge is 2.06. The molecule has 0 unspecified atom stereocenters. The molecule has 0 aliphatic carbocycles. The molecule has 0 saturated carbocycles. The van der Waals surface area contributed by atoms with Crippen molar-refractivity contribution in [1.29, 1.82) is 0 Å².